The van der Waals surface area contributed by atoms with E-state index in [0.717, 1.165) is 26.1 Å². The molecule has 0 aliphatic heterocycles. The van der Waals surface area contributed by atoms with E-state index >= 15 is 0 Å². The van der Waals surface area contributed by atoms with Gasteiger partial charge in [-0.1, -0.05) is 52.0 Å². The molecule has 19 heavy (non-hydrogen) atoms. The number of hydrogen-bond acceptors (Lipinski definition) is 2. The molecular weight excluding hydrogens is 232 g/mol. The average molecular weight is 262 g/mol. The maximum atomic E-state index is 5.63. The first kappa shape index (κ1) is 16.2. The molecule has 1 unspecified atom stereocenters. The van der Waals surface area contributed by atoms with Crippen LogP contribution in [0.2, 0.25) is 0 Å². The lowest BCUT2D eigenvalue weighted by atomic mass is 9.89. The van der Waals surface area contributed by atoms with E-state index in [1.165, 1.54) is 17.5 Å². The minimum Gasteiger partial charge on any atom is -0.330 e. The molecule has 0 aliphatic rings. The summed E-state index contributed by atoms with van der Waals surface area (Å²) >= 11 is 0. The summed E-state index contributed by atoms with van der Waals surface area (Å²) in [5.74, 6) is 0.658. The van der Waals surface area contributed by atoms with Gasteiger partial charge in [-0.2, -0.15) is 0 Å². The van der Waals surface area contributed by atoms with Gasteiger partial charge < -0.3 is 11.1 Å². The van der Waals surface area contributed by atoms with Gasteiger partial charge in [-0.05, 0) is 41.8 Å². The second-order valence-electron chi connectivity index (χ2n) is 6.36. The van der Waals surface area contributed by atoms with Gasteiger partial charge in [0.2, 0.25) is 0 Å². The zero-order chi connectivity index (χ0) is 14.3. The van der Waals surface area contributed by atoms with Crippen molar-refractivity contribution in [2.24, 2.45) is 11.1 Å². The topological polar surface area (TPSA) is 38.0 Å². The van der Waals surface area contributed by atoms with Crippen molar-refractivity contribution in [3.05, 3.63) is 35.4 Å². The minimum absolute atomic E-state index is 0.283. The lowest BCUT2D eigenvalue weighted by Crippen LogP contribution is -2.30. The largest absolute Gasteiger partial charge is 0.330 e. The Bertz CT molecular complexity index is 354. The maximum Gasteiger partial charge on any atom is 0.0205 e. The molecule has 0 aliphatic carbocycles. The minimum atomic E-state index is 0.283. The molecule has 0 aromatic heterocycles. The number of nitrogens with one attached hydrogen (secondary N) is 1. The van der Waals surface area contributed by atoms with Crippen LogP contribution in [0.3, 0.4) is 0 Å². The van der Waals surface area contributed by atoms with Crippen molar-refractivity contribution in [1.29, 1.82) is 0 Å². The summed E-state index contributed by atoms with van der Waals surface area (Å²) in [6.07, 6.45) is 2.26. The summed E-state index contributed by atoms with van der Waals surface area (Å²) in [4.78, 5) is 0. The maximum absolute atomic E-state index is 5.63. The molecule has 0 spiro atoms. The van der Waals surface area contributed by atoms with Crippen molar-refractivity contribution >= 4 is 0 Å². The lowest BCUT2D eigenvalue weighted by Gasteiger charge is -2.24. The third kappa shape index (κ3) is 5.75. The molecule has 0 saturated carbocycles. The SMILES string of the molecule is CCC(C)c1ccc(CNCC(C)(C)CCN)cc1. The van der Waals surface area contributed by atoms with Crippen molar-refractivity contribution in [2.75, 3.05) is 13.1 Å². The van der Waals surface area contributed by atoms with Crippen LogP contribution in [-0.4, -0.2) is 13.1 Å². The Labute approximate surface area is 118 Å². The summed E-state index contributed by atoms with van der Waals surface area (Å²) in [6.45, 7) is 11.8. The number of rotatable bonds is 8. The highest BCUT2D eigenvalue weighted by molar-refractivity contribution is 5.24. The van der Waals surface area contributed by atoms with Crippen LogP contribution in [0.1, 0.15) is 57.6 Å². The molecule has 0 amide bonds. The fourth-order valence-corrected chi connectivity index (χ4v) is 2.22. The zero-order valence-corrected chi connectivity index (χ0v) is 13.0. The Morgan fingerprint density at radius 3 is 2.37 bits per heavy atom. The molecule has 1 aromatic carbocycles. The van der Waals surface area contributed by atoms with Gasteiger partial charge >= 0.3 is 0 Å². The molecule has 0 bridgehead atoms. The van der Waals surface area contributed by atoms with Crippen molar-refractivity contribution in [3.63, 3.8) is 0 Å². The summed E-state index contributed by atoms with van der Waals surface area (Å²) in [5.41, 5.74) is 8.71. The summed E-state index contributed by atoms with van der Waals surface area (Å²) in [7, 11) is 0. The third-order valence-electron chi connectivity index (χ3n) is 3.91. The average Bonchev–Trinajstić information content (AvgIpc) is 2.38. The van der Waals surface area contributed by atoms with Crippen LogP contribution in [0.5, 0.6) is 0 Å². The Morgan fingerprint density at radius 1 is 1.21 bits per heavy atom. The predicted molar refractivity (Wildman–Crippen MR) is 84.3 cm³/mol. The van der Waals surface area contributed by atoms with E-state index < -0.39 is 0 Å². The zero-order valence-electron chi connectivity index (χ0n) is 13.0. The first-order chi connectivity index (χ1) is 8.98. The van der Waals surface area contributed by atoms with Crippen LogP contribution < -0.4 is 11.1 Å². The normalized spacial score (nSPS) is 13.5. The Morgan fingerprint density at radius 2 is 1.84 bits per heavy atom. The molecule has 0 heterocycles. The van der Waals surface area contributed by atoms with E-state index in [2.05, 4.69) is 57.3 Å². The highest BCUT2D eigenvalue weighted by Crippen LogP contribution is 2.20. The Hall–Kier alpha value is -0.860. The fraction of sp³-hybridized carbons (Fsp3) is 0.647. The molecule has 3 N–H and O–H groups in total. The first-order valence-corrected chi connectivity index (χ1v) is 7.48. The van der Waals surface area contributed by atoms with Crippen LogP contribution in [-0.2, 0) is 6.54 Å². The molecule has 108 valence electrons. The van der Waals surface area contributed by atoms with E-state index in [9.17, 15) is 0 Å². The van der Waals surface area contributed by atoms with Gasteiger partial charge in [-0.15, -0.1) is 0 Å². The second kappa shape index (κ2) is 7.66. The van der Waals surface area contributed by atoms with Crippen molar-refractivity contribution < 1.29 is 0 Å². The van der Waals surface area contributed by atoms with Crippen LogP contribution in [0.25, 0.3) is 0 Å². The molecule has 1 atom stereocenters. The van der Waals surface area contributed by atoms with Crippen LogP contribution in [0.15, 0.2) is 24.3 Å². The van der Waals surface area contributed by atoms with Crippen LogP contribution in [0, 0.1) is 5.41 Å². The van der Waals surface area contributed by atoms with E-state index in [4.69, 9.17) is 5.73 Å². The van der Waals surface area contributed by atoms with E-state index in [0.29, 0.717) is 5.92 Å². The molecule has 0 radical (unpaired) electrons. The Balaban J connectivity index is 2.42. The summed E-state index contributed by atoms with van der Waals surface area (Å²) < 4.78 is 0. The molecule has 2 nitrogen and oxygen atoms in total. The first-order valence-electron chi connectivity index (χ1n) is 7.48. The highest BCUT2D eigenvalue weighted by Gasteiger charge is 2.15. The molecule has 1 aromatic rings. The Kier molecular flexibility index (Phi) is 6.53. The molecule has 2 heteroatoms. The lowest BCUT2D eigenvalue weighted by molar-refractivity contribution is 0.319. The van der Waals surface area contributed by atoms with Gasteiger partial charge in [0.25, 0.3) is 0 Å². The second-order valence-corrected chi connectivity index (χ2v) is 6.36. The van der Waals surface area contributed by atoms with E-state index in [1.807, 2.05) is 0 Å². The molecule has 1 rings (SSSR count). The van der Waals surface area contributed by atoms with Crippen LogP contribution in [0.4, 0.5) is 0 Å². The fourth-order valence-electron chi connectivity index (χ4n) is 2.22. The summed E-state index contributed by atoms with van der Waals surface area (Å²) in [5, 5.41) is 3.53. The van der Waals surface area contributed by atoms with Crippen molar-refractivity contribution in [2.45, 2.75) is 53.0 Å². The van der Waals surface area contributed by atoms with Crippen molar-refractivity contribution in [1.82, 2.24) is 5.32 Å². The smallest absolute Gasteiger partial charge is 0.0205 e. The third-order valence-corrected chi connectivity index (χ3v) is 3.91. The van der Waals surface area contributed by atoms with Gasteiger partial charge in [0.05, 0.1) is 0 Å². The van der Waals surface area contributed by atoms with Crippen molar-refractivity contribution in [3.8, 4) is 0 Å². The molecular formula is C17H30N2. The van der Waals surface area contributed by atoms with Gasteiger partial charge in [-0.25, -0.2) is 0 Å². The molecule has 0 saturated heterocycles. The summed E-state index contributed by atoms with van der Waals surface area (Å²) in [6, 6.07) is 9.00. The molecule has 0 fully saturated rings. The highest BCUT2D eigenvalue weighted by atomic mass is 14.9. The number of benzene rings is 1. The van der Waals surface area contributed by atoms with Gasteiger partial charge in [-0.3, -0.25) is 0 Å². The number of hydrogen-bond donors (Lipinski definition) is 2. The van der Waals surface area contributed by atoms with E-state index in [-0.39, 0.29) is 5.41 Å². The van der Waals surface area contributed by atoms with Gasteiger partial charge in [0.15, 0.2) is 0 Å². The van der Waals surface area contributed by atoms with Crippen LogP contribution >= 0.6 is 0 Å². The quantitative estimate of drug-likeness (QED) is 0.750. The van der Waals surface area contributed by atoms with Gasteiger partial charge in [0.1, 0.15) is 0 Å². The van der Waals surface area contributed by atoms with Gasteiger partial charge in [0, 0.05) is 13.1 Å². The monoisotopic (exact) mass is 262 g/mol. The number of nitrogens with two attached hydrogens (primary N) is 1. The standard InChI is InChI=1S/C17H30N2/c1-5-14(2)16-8-6-15(7-9-16)12-19-13-17(3,4)10-11-18/h6-9,14,19H,5,10-13,18H2,1-4H3. The predicted octanol–water partition coefficient (Wildman–Crippen LogP) is 3.66. The van der Waals surface area contributed by atoms with E-state index in [1.54, 1.807) is 0 Å².